The number of ether oxygens (including phenoxy) is 2. The smallest absolute Gasteiger partial charge is 0.345 e. The van der Waals surface area contributed by atoms with Crippen LogP contribution in [0.5, 0.6) is 11.5 Å². The molecule has 4 aromatic rings. The van der Waals surface area contributed by atoms with Crippen LogP contribution in [0.25, 0.3) is 10.8 Å². The van der Waals surface area contributed by atoms with Gasteiger partial charge in [0.15, 0.2) is 6.61 Å². The number of carbonyl (C=O) groups is 2. The van der Waals surface area contributed by atoms with Crippen molar-refractivity contribution < 1.29 is 19.1 Å². The summed E-state index contributed by atoms with van der Waals surface area (Å²) in [6, 6.07) is 24.6. The van der Waals surface area contributed by atoms with Gasteiger partial charge < -0.3 is 9.47 Å². The van der Waals surface area contributed by atoms with Crippen molar-refractivity contribution in [1.82, 2.24) is 5.43 Å². The third-order valence-corrected chi connectivity index (χ3v) is 5.28. The van der Waals surface area contributed by atoms with Gasteiger partial charge in [-0.3, -0.25) is 4.79 Å². The van der Waals surface area contributed by atoms with Crippen molar-refractivity contribution in [2.24, 2.45) is 5.10 Å². The summed E-state index contributed by atoms with van der Waals surface area (Å²) in [5, 5.41) is 6.51. The van der Waals surface area contributed by atoms with Gasteiger partial charge in [-0.1, -0.05) is 71.7 Å². The Morgan fingerprint density at radius 1 is 0.912 bits per heavy atom. The molecule has 6 nitrogen and oxygen atoms in total. The minimum absolute atomic E-state index is 0.190. The van der Waals surface area contributed by atoms with Gasteiger partial charge in [-0.05, 0) is 47.3 Å². The van der Waals surface area contributed by atoms with Gasteiger partial charge in [0.05, 0.1) is 16.8 Å². The predicted octanol–water partition coefficient (Wildman–Crippen LogP) is 5.89. The molecule has 0 unspecified atom stereocenters. The summed E-state index contributed by atoms with van der Waals surface area (Å²) >= 11 is 11.9. The number of carbonyl (C=O) groups excluding carboxylic acids is 2. The van der Waals surface area contributed by atoms with Gasteiger partial charge in [-0.15, -0.1) is 0 Å². The number of amides is 1. The predicted molar refractivity (Wildman–Crippen MR) is 133 cm³/mol. The van der Waals surface area contributed by atoms with Crippen molar-refractivity contribution in [1.29, 1.82) is 0 Å². The molecule has 0 aliphatic heterocycles. The number of esters is 1. The van der Waals surface area contributed by atoms with Crippen molar-refractivity contribution in [3.8, 4) is 11.5 Å². The Morgan fingerprint density at radius 3 is 2.56 bits per heavy atom. The summed E-state index contributed by atoms with van der Waals surface area (Å²) in [7, 11) is 0. The molecule has 170 valence electrons. The molecule has 0 heterocycles. The van der Waals surface area contributed by atoms with Gasteiger partial charge in [0.1, 0.15) is 11.5 Å². The molecule has 0 saturated heterocycles. The second-order valence-corrected chi connectivity index (χ2v) is 7.99. The molecule has 0 atom stereocenters. The van der Waals surface area contributed by atoms with Crippen molar-refractivity contribution >= 4 is 52.1 Å². The summed E-state index contributed by atoms with van der Waals surface area (Å²) in [6.07, 6.45) is 1.43. The van der Waals surface area contributed by atoms with Gasteiger partial charge in [0, 0.05) is 10.4 Å². The molecule has 0 radical (unpaired) electrons. The van der Waals surface area contributed by atoms with Crippen molar-refractivity contribution in [3.63, 3.8) is 0 Å². The van der Waals surface area contributed by atoms with Gasteiger partial charge >= 0.3 is 5.97 Å². The topological polar surface area (TPSA) is 77.0 Å². The molecule has 0 saturated carbocycles. The van der Waals surface area contributed by atoms with E-state index in [2.05, 4.69) is 10.5 Å². The first-order valence-corrected chi connectivity index (χ1v) is 10.9. The average Bonchev–Trinajstić information content (AvgIpc) is 2.83. The molecular formula is C26H18Cl2N2O4. The van der Waals surface area contributed by atoms with E-state index in [0.717, 1.165) is 10.8 Å². The zero-order valence-corrected chi connectivity index (χ0v) is 19.2. The lowest BCUT2D eigenvalue weighted by Gasteiger charge is -2.08. The minimum atomic E-state index is -0.616. The minimum Gasteiger partial charge on any atom is -0.483 e. The third-order valence-electron chi connectivity index (χ3n) is 4.73. The fourth-order valence-corrected chi connectivity index (χ4v) is 3.64. The SMILES string of the molecule is O=C(COc1cccc2ccccc12)N/N=C/c1cccc(OC(=O)c2ccc(Cl)cc2Cl)c1. The van der Waals surface area contributed by atoms with Crippen LogP contribution >= 0.6 is 23.2 Å². The van der Waals surface area contributed by atoms with E-state index in [0.29, 0.717) is 22.1 Å². The number of hydrogen-bond acceptors (Lipinski definition) is 5. The van der Waals surface area contributed by atoms with Gasteiger partial charge in [-0.25, -0.2) is 10.2 Å². The van der Waals surface area contributed by atoms with Crippen LogP contribution in [0.4, 0.5) is 0 Å². The highest BCUT2D eigenvalue weighted by Gasteiger charge is 2.13. The van der Waals surface area contributed by atoms with E-state index in [1.165, 1.54) is 18.3 Å². The fourth-order valence-electron chi connectivity index (χ4n) is 3.15. The van der Waals surface area contributed by atoms with E-state index in [4.69, 9.17) is 32.7 Å². The first-order chi connectivity index (χ1) is 16.5. The van der Waals surface area contributed by atoms with Crippen molar-refractivity contribution in [3.05, 3.63) is 106 Å². The maximum absolute atomic E-state index is 12.4. The van der Waals surface area contributed by atoms with E-state index < -0.39 is 11.9 Å². The zero-order chi connectivity index (χ0) is 23.9. The number of hydrazone groups is 1. The van der Waals surface area contributed by atoms with Gasteiger partial charge in [-0.2, -0.15) is 5.10 Å². The average molecular weight is 493 g/mol. The molecule has 34 heavy (non-hydrogen) atoms. The quantitative estimate of drug-likeness (QED) is 0.151. The van der Waals surface area contributed by atoms with Crippen molar-refractivity contribution in [2.75, 3.05) is 6.61 Å². The summed E-state index contributed by atoms with van der Waals surface area (Å²) in [5.74, 6) is -0.114. The molecule has 4 aromatic carbocycles. The van der Waals surface area contributed by atoms with Gasteiger partial charge in [0.2, 0.25) is 0 Å². The lowest BCUT2D eigenvalue weighted by atomic mass is 10.1. The molecule has 4 rings (SSSR count). The van der Waals surface area contributed by atoms with E-state index in [9.17, 15) is 9.59 Å². The summed E-state index contributed by atoms with van der Waals surface area (Å²) in [4.78, 5) is 24.5. The molecule has 1 N–H and O–H groups in total. The van der Waals surface area contributed by atoms with E-state index in [1.54, 1.807) is 30.3 Å². The van der Waals surface area contributed by atoms with Crippen LogP contribution in [0.15, 0.2) is 90.0 Å². The Hall–Kier alpha value is -3.87. The van der Waals surface area contributed by atoms with Crippen LogP contribution in [-0.4, -0.2) is 24.7 Å². The normalized spacial score (nSPS) is 10.9. The molecule has 8 heteroatoms. The standard InChI is InChI=1S/C26H18Cl2N2O4/c27-19-11-12-22(23(28)14-19)26(32)34-20-8-3-5-17(13-20)15-29-30-25(31)16-33-24-10-4-7-18-6-1-2-9-21(18)24/h1-15H,16H2,(H,30,31)/b29-15+. The Morgan fingerprint density at radius 2 is 1.71 bits per heavy atom. The summed E-state index contributed by atoms with van der Waals surface area (Å²) in [5.41, 5.74) is 3.23. The monoisotopic (exact) mass is 492 g/mol. The second kappa shape index (κ2) is 10.8. The molecule has 0 fully saturated rings. The molecule has 0 aromatic heterocycles. The van der Waals surface area contributed by atoms with Crippen LogP contribution in [-0.2, 0) is 4.79 Å². The maximum atomic E-state index is 12.4. The van der Waals surface area contributed by atoms with E-state index in [-0.39, 0.29) is 17.2 Å². The van der Waals surface area contributed by atoms with Crippen molar-refractivity contribution in [2.45, 2.75) is 0 Å². The molecule has 0 bridgehead atoms. The number of rotatable bonds is 7. The van der Waals surface area contributed by atoms with Crippen LogP contribution in [0.2, 0.25) is 10.0 Å². The summed E-state index contributed by atoms with van der Waals surface area (Å²) < 4.78 is 11.0. The van der Waals surface area contributed by atoms with Crippen LogP contribution < -0.4 is 14.9 Å². The largest absolute Gasteiger partial charge is 0.483 e. The molecule has 0 spiro atoms. The molecule has 0 aliphatic carbocycles. The Kier molecular flexibility index (Phi) is 7.42. The summed E-state index contributed by atoms with van der Waals surface area (Å²) in [6.45, 7) is -0.190. The second-order valence-electron chi connectivity index (χ2n) is 7.15. The van der Waals surface area contributed by atoms with Crippen LogP contribution in [0.1, 0.15) is 15.9 Å². The lowest BCUT2D eigenvalue weighted by molar-refractivity contribution is -0.123. The van der Waals surface area contributed by atoms with Crippen LogP contribution in [0.3, 0.4) is 0 Å². The zero-order valence-electron chi connectivity index (χ0n) is 17.7. The highest BCUT2D eigenvalue weighted by Crippen LogP contribution is 2.25. The van der Waals surface area contributed by atoms with Gasteiger partial charge in [0.25, 0.3) is 5.91 Å². The Balaban J connectivity index is 1.32. The fraction of sp³-hybridized carbons (Fsp3) is 0.0385. The molecular weight excluding hydrogens is 475 g/mol. The lowest BCUT2D eigenvalue weighted by Crippen LogP contribution is -2.24. The molecule has 0 aliphatic rings. The first kappa shape index (κ1) is 23.3. The highest BCUT2D eigenvalue weighted by atomic mass is 35.5. The van der Waals surface area contributed by atoms with E-state index in [1.807, 2.05) is 42.5 Å². The number of nitrogens with zero attached hydrogens (tertiary/aromatic N) is 1. The first-order valence-electron chi connectivity index (χ1n) is 10.2. The van der Waals surface area contributed by atoms with Crippen LogP contribution in [0, 0.1) is 0 Å². The number of nitrogens with one attached hydrogen (secondary N) is 1. The number of benzene rings is 4. The Labute approximate surface area is 205 Å². The van der Waals surface area contributed by atoms with E-state index >= 15 is 0 Å². The Bertz CT molecular complexity index is 1380. The maximum Gasteiger partial charge on any atom is 0.345 e. The number of hydrogen-bond donors (Lipinski definition) is 1. The molecule has 1 amide bonds. The third kappa shape index (κ3) is 5.92. The number of halogens is 2. The number of fused-ring (bicyclic) bond motifs is 1. The highest BCUT2D eigenvalue weighted by molar-refractivity contribution is 6.36.